The fourth-order valence-electron chi connectivity index (χ4n) is 1.95. The monoisotopic (exact) mass is 260 g/mol. The van der Waals surface area contributed by atoms with E-state index in [4.69, 9.17) is 10.3 Å². The SMILES string of the molecule is CC(CCN)CCc1nc(Cc2cccnc2)no1. The average molecular weight is 260 g/mol. The molecule has 1 unspecified atom stereocenters. The Morgan fingerprint density at radius 3 is 3.00 bits per heavy atom. The molecule has 2 rings (SSSR count). The lowest BCUT2D eigenvalue weighted by Gasteiger charge is -2.06. The highest BCUT2D eigenvalue weighted by Crippen LogP contribution is 2.12. The summed E-state index contributed by atoms with van der Waals surface area (Å²) >= 11 is 0. The third-order valence-electron chi connectivity index (χ3n) is 3.11. The standard InChI is InChI=1S/C14H20N4O/c1-11(6-7-15)4-5-14-17-13(18-19-14)9-12-3-2-8-16-10-12/h2-3,8,10-11H,4-7,9,15H2,1H3. The van der Waals surface area contributed by atoms with E-state index in [9.17, 15) is 0 Å². The van der Waals surface area contributed by atoms with Gasteiger partial charge in [0, 0.05) is 25.2 Å². The summed E-state index contributed by atoms with van der Waals surface area (Å²) in [5.41, 5.74) is 6.62. The van der Waals surface area contributed by atoms with Gasteiger partial charge in [-0.15, -0.1) is 0 Å². The number of hydrogen-bond donors (Lipinski definition) is 1. The second-order valence-corrected chi connectivity index (χ2v) is 4.86. The van der Waals surface area contributed by atoms with Crippen molar-refractivity contribution in [2.75, 3.05) is 6.54 Å². The van der Waals surface area contributed by atoms with E-state index in [0.29, 0.717) is 18.2 Å². The molecular formula is C14H20N4O. The molecule has 0 fully saturated rings. The van der Waals surface area contributed by atoms with Crippen LogP contribution in [0.5, 0.6) is 0 Å². The molecule has 2 aromatic rings. The van der Waals surface area contributed by atoms with Crippen LogP contribution in [-0.2, 0) is 12.8 Å². The van der Waals surface area contributed by atoms with Gasteiger partial charge in [-0.05, 0) is 36.9 Å². The van der Waals surface area contributed by atoms with E-state index in [0.717, 1.165) is 37.2 Å². The van der Waals surface area contributed by atoms with Gasteiger partial charge in [0.15, 0.2) is 5.82 Å². The molecule has 102 valence electrons. The van der Waals surface area contributed by atoms with Gasteiger partial charge in [0.1, 0.15) is 0 Å². The van der Waals surface area contributed by atoms with Crippen LogP contribution in [-0.4, -0.2) is 21.7 Å². The van der Waals surface area contributed by atoms with Gasteiger partial charge in [0.25, 0.3) is 0 Å². The van der Waals surface area contributed by atoms with E-state index in [1.165, 1.54) is 0 Å². The Hall–Kier alpha value is -1.75. The summed E-state index contributed by atoms with van der Waals surface area (Å²) in [5.74, 6) is 2.02. The van der Waals surface area contributed by atoms with Gasteiger partial charge in [-0.1, -0.05) is 18.1 Å². The number of pyridine rings is 1. The van der Waals surface area contributed by atoms with Crippen molar-refractivity contribution in [2.45, 2.75) is 32.6 Å². The van der Waals surface area contributed by atoms with Gasteiger partial charge < -0.3 is 10.3 Å². The summed E-state index contributed by atoms with van der Waals surface area (Å²) in [7, 11) is 0. The van der Waals surface area contributed by atoms with Crippen molar-refractivity contribution in [3.05, 3.63) is 41.8 Å². The molecule has 19 heavy (non-hydrogen) atoms. The lowest BCUT2D eigenvalue weighted by atomic mass is 10.0. The minimum Gasteiger partial charge on any atom is -0.339 e. The Labute approximate surface area is 113 Å². The van der Waals surface area contributed by atoms with E-state index >= 15 is 0 Å². The molecule has 0 spiro atoms. The fraction of sp³-hybridized carbons (Fsp3) is 0.500. The smallest absolute Gasteiger partial charge is 0.226 e. The summed E-state index contributed by atoms with van der Waals surface area (Å²) in [5, 5.41) is 4.00. The van der Waals surface area contributed by atoms with Crippen LogP contribution < -0.4 is 5.73 Å². The number of aryl methyl sites for hydroxylation is 1. The molecule has 0 bridgehead atoms. The van der Waals surface area contributed by atoms with Crippen LogP contribution in [0.1, 0.15) is 37.0 Å². The first-order valence-corrected chi connectivity index (χ1v) is 6.68. The number of rotatable bonds is 7. The Bertz CT molecular complexity index is 483. The molecule has 0 saturated carbocycles. The van der Waals surface area contributed by atoms with E-state index in [2.05, 4.69) is 22.0 Å². The topological polar surface area (TPSA) is 77.8 Å². The van der Waals surface area contributed by atoms with Gasteiger partial charge >= 0.3 is 0 Å². The maximum Gasteiger partial charge on any atom is 0.226 e. The van der Waals surface area contributed by atoms with Crippen molar-refractivity contribution in [1.82, 2.24) is 15.1 Å². The summed E-state index contributed by atoms with van der Waals surface area (Å²) in [6, 6.07) is 3.91. The molecule has 2 N–H and O–H groups in total. The molecule has 0 saturated heterocycles. The first kappa shape index (κ1) is 13.7. The summed E-state index contributed by atoms with van der Waals surface area (Å²) in [4.78, 5) is 8.47. The molecule has 5 heteroatoms. The minimum atomic E-state index is 0.596. The van der Waals surface area contributed by atoms with Gasteiger partial charge in [-0.25, -0.2) is 0 Å². The molecule has 5 nitrogen and oxygen atoms in total. The van der Waals surface area contributed by atoms with E-state index in [-0.39, 0.29) is 0 Å². The van der Waals surface area contributed by atoms with Crippen molar-refractivity contribution in [1.29, 1.82) is 0 Å². The zero-order valence-electron chi connectivity index (χ0n) is 11.2. The van der Waals surface area contributed by atoms with E-state index in [1.54, 1.807) is 6.20 Å². The van der Waals surface area contributed by atoms with Crippen LogP contribution in [0.25, 0.3) is 0 Å². The predicted molar refractivity (Wildman–Crippen MR) is 72.5 cm³/mol. The summed E-state index contributed by atoms with van der Waals surface area (Å²) < 4.78 is 5.25. The molecule has 0 amide bonds. The number of nitrogens with zero attached hydrogens (tertiary/aromatic N) is 3. The molecule has 2 heterocycles. The van der Waals surface area contributed by atoms with Crippen LogP contribution in [0.3, 0.4) is 0 Å². The van der Waals surface area contributed by atoms with Crippen molar-refractivity contribution in [3.8, 4) is 0 Å². The number of hydrogen-bond acceptors (Lipinski definition) is 5. The molecule has 0 aliphatic heterocycles. The first-order valence-electron chi connectivity index (χ1n) is 6.68. The van der Waals surface area contributed by atoms with E-state index < -0.39 is 0 Å². The normalized spacial score (nSPS) is 12.5. The highest BCUT2D eigenvalue weighted by Gasteiger charge is 2.09. The van der Waals surface area contributed by atoms with Crippen LogP contribution in [0.4, 0.5) is 0 Å². The first-order chi connectivity index (χ1) is 9.28. The van der Waals surface area contributed by atoms with E-state index in [1.807, 2.05) is 18.3 Å². The molecule has 2 aromatic heterocycles. The second kappa shape index (κ2) is 6.99. The maximum atomic E-state index is 5.53. The van der Waals surface area contributed by atoms with Gasteiger partial charge in [-0.2, -0.15) is 4.98 Å². The molecular weight excluding hydrogens is 240 g/mol. The van der Waals surface area contributed by atoms with Gasteiger partial charge in [0.05, 0.1) is 0 Å². The summed E-state index contributed by atoms with van der Waals surface area (Å²) in [6.45, 7) is 2.93. The molecule has 0 aliphatic rings. The molecule has 0 aliphatic carbocycles. The van der Waals surface area contributed by atoms with Crippen molar-refractivity contribution in [2.24, 2.45) is 11.7 Å². The molecule has 1 atom stereocenters. The quantitative estimate of drug-likeness (QED) is 0.823. The van der Waals surface area contributed by atoms with Crippen molar-refractivity contribution < 1.29 is 4.52 Å². The lowest BCUT2D eigenvalue weighted by molar-refractivity contribution is 0.358. The number of nitrogens with two attached hydrogens (primary N) is 1. The van der Waals surface area contributed by atoms with Crippen LogP contribution >= 0.6 is 0 Å². The Kier molecular flexibility index (Phi) is 5.03. The second-order valence-electron chi connectivity index (χ2n) is 4.86. The lowest BCUT2D eigenvalue weighted by Crippen LogP contribution is -2.06. The Morgan fingerprint density at radius 1 is 1.37 bits per heavy atom. The van der Waals surface area contributed by atoms with Crippen LogP contribution in [0.15, 0.2) is 29.0 Å². The highest BCUT2D eigenvalue weighted by atomic mass is 16.5. The fourth-order valence-corrected chi connectivity index (χ4v) is 1.95. The Balaban J connectivity index is 1.85. The Morgan fingerprint density at radius 2 is 2.26 bits per heavy atom. The van der Waals surface area contributed by atoms with Gasteiger partial charge in [0.2, 0.25) is 5.89 Å². The van der Waals surface area contributed by atoms with Crippen LogP contribution in [0.2, 0.25) is 0 Å². The van der Waals surface area contributed by atoms with Gasteiger partial charge in [-0.3, -0.25) is 4.98 Å². The van der Waals surface area contributed by atoms with Crippen molar-refractivity contribution in [3.63, 3.8) is 0 Å². The van der Waals surface area contributed by atoms with Crippen molar-refractivity contribution >= 4 is 0 Å². The largest absolute Gasteiger partial charge is 0.339 e. The highest BCUT2D eigenvalue weighted by molar-refractivity contribution is 5.13. The zero-order chi connectivity index (χ0) is 13.5. The molecule has 0 radical (unpaired) electrons. The average Bonchev–Trinajstić information content (AvgIpc) is 2.86. The number of aromatic nitrogens is 3. The maximum absolute atomic E-state index is 5.53. The minimum absolute atomic E-state index is 0.596. The predicted octanol–water partition coefficient (Wildman–Crippen LogP) is 1.97. The zero-order valence-corrected chi connectivity index (χ0v) is 11.2. The third kappa shape index (κ3) is 4.44. The van der Waals surface area contributed by atoms with Crippen LogP contribution in [0, 0.1) is 5.92 Å². The summed E-state index contributed by atoms with van der Waals surface area (Å²) in [6.07, 6.45) is 7.13. The molecule has 0 aromatic carbocycles. The third-order valence-corrected chi connectivity index (χ3v) is 3.11.